The second kappa shape index (κ2) is 5.64. The molecule has 1 aliphatic rings. The average Bonchev–Trinajstić information content (AvgIpc) is 2.45. The van der Waals surface area contributed by atoms with Crippen molar-refractivity contribution in [3.05, 3.63) is 41.0 Å². The highest BCUT2D eigenvalue weighted by Crippen LogP contribution is 2.26. The fourth-order valence-electron chi connectivity index (χ4n) is 3.23. The van der Waals surface area contributed by atoms with E-state index in [0.29, 0.717) is 22.6 Å². The molecule has 0 radical (unpaired) electrons. The number of pyridine rings is 1. The number of fused-ring (bicyclic) bond motifs is 1. The monoisotopic (exact) mass is 302 g/mol. The molecular formula is C17H19ClN2O. The van der Waals surface area contributed by atoms with Crippen molar-refractivity contribution in [1.29, 1.82) is 0 Å². The second-order valence-corrected chi connectivity index (χ2v) is 6.57. The highest BCUT2D eigenvalue weighted by Gasteiger charge is 2.27. The highest BCUT2D eigenvalue weighted by atomic mass is 35.5. The van der Waals surface area contributed by atoms with Crippen LogP contribution in [-0.2, 0) is 0 Å². The lowest BCUT2D eigenvalue weighted by molar-refractivity contribution is 0.0617. The van der Waals surface area contributed by atoms with Gasteiger partial charge in [-0.2, -0.15) is 0 Å². The summed E-state index contributed by atoms with van der Waals surface area (Å²) in [6.45, 7) is 5.98. The van der Waals surface area contributed by atoms with E-state index in [4.69, 9.17) is 11.6 Å². The molecule has 1 aromatic carbocycles. The molecule has 3 nitrogen and oxygen atoms in total. The summed E-state index contributed by atoms with van der Waals surface area (Å²) in [4.78, 5) is 19.1. The maximum atomic E-state index is 12.7. The molecule has 0 aliphatic carbocycles. The van der Waals surface area contributed by atoms with E-state index in [2.05, 4.69) is 18.8 Å². The van der Waals surface area contributed by atoms with Crippen LogP contribution in [-0.4, -0.2) is 28.9 Å². The molecule has 1 aliphatic heterocycles. The minimum atomic E-state index is -0.0129. The van der Waals surface area contributed by atoms with E-state index >= 15 is 0 Å². The van der Waals surface area contributed by atoms with Crippen molar-refractivity contribution in [2.45, 2.75) is 20.3 Å². The third-order valence-electron chi connectivity index (χ3n) is 4.04. The van der Waals surface area contributed by atoms with Gasteiger partial charge in [-0.05, 0) is 30.4 Å². The summed E-state index contributed by atoms with van der Waals surface area (Å²) in [5.41, 5.74) is 1.21. The molecule has 2 atom stereocenters. The summed E-state index contributed by atoms with van der Waals surface area (Å²) in [5, 5.41) is 1.47. The molecule has 2 unspecified atom stereocenters. The Morgan fingerprint density at radius 2 is 1.90 bits per heavy atom. The van der Waals surface area contributed by atoms with Crippen LogP contribution in [0.1, 0.15) is 30.8 Å². The molecule has 3 rings (SSSR count). The number of rotatable bonds is 1. The van der Waals surface area contributed by atoms with Gasteiger partial charge in [0, 0.05) is 18.5 Å². The van der Waals surface area contributed by atoms with Crippen LogP contribution in [0, 0.1) is 11.8 Å². The van der Waals surface area contributed by atoms with E-state index < -0.39 is 0 Å². The zero-order valence-corrected chi connectivity index (χ0v) is 13.1. The number of aromatic nitrogens is 1. The molecule has 0 spiro atoms. The van der Waals surface area contributed by atoms with Crippen LogP contribution in [0.15, 0.2) is 30.3 Å². The fraction of sp³-hybridized carbons (Fsp3) is 0.412. The molecule has 21 heavy (non-hydrogen) atoms. The average molecular weight is 303 g/mol. The topological polar surface area (TPSA) is 33.2 Å². The summed E-state index contributed by atoms with van der Waals surface area (Å²) in [6, 6.07) is 9.33. The molecule has 1 amide bonds. The number of amides is 1. The van der Waals surface area contributed by atoms with Crippen LogP contribution < -0.4 is 0 Å². The van der Waals surface area contributed by atoms with Crippen LogP contribution in [0.25, 0.3) is 10.9 Å². The predicted octanol–water partition coefficient (Wildman–Crippen LogP) is 4.01. The van der Waals surface area contributed by atoms with Crippen molar-refractivity contribution >= 4 is 28.4 Å². The Balaban J connectivity index is 1.94. The van der Waals surface area contributed by atoms with Gasteiger partial charge in [-0.1, -0.05) is 43.6 Å². The number of hydrogen-bond donors (Lipinski definition) is 0. The molecule has 110 valence electrons. The van der Waals surface area contributed by atoms with Crippen molar-refractivity contribution in [3.63, 3.8) is 0 Å². The van der Waals surface area contributed by atoms with E-state index in [1.165, 1.54) is 6.42 Å². The van der Waals surface area contributed by atoms with E-state index in [9.17, 15) is 4.79 Å². The third-order valence-corrected chi connectivity index (χ3v) is 4.35. The van der Waals surface area contributed by atoms with Crippen molar-refractivity contribution in [2.75, 3.05) is 13.1 Å². The van der Waals surface area contributed by atoms with Gasteiger partial charge >= 0.3 is 0 Å². The molecule has 1 fully saturated rings. The lowest BCUT2D eigenvalue weighted by atomic mass is 9.92. The van der Waals surface area contributed by atoms with E-state index in [1.54, 1.807) is 6.07 Å². The first-order chi connectivity index (χ1) is 10.0. The van der Waals surface area contributed by atoms with E-state index in [0.717, 1.165) is 24.0 Å². The van der Waals surface area contributed by atoms with Crippen LogP contribution in [0.3, 0.4) is 0 Å². The zero-order chi connectivity index (χ0) is 15.0. The number of carbonyl (C=O) groups is 1. The van der Waals surface area contributed by atoms with Crippen LogP contribution >= 0.6 is 11.6 Å². The molecule has 0 bridgehead atoms. The molecule has 1 saturated heterocycles. The normalized spacial score (nSPS) is 22.5. The predicted molar refractivity (Wildman–Crippen MR) is 85.6 cm³/mol. The van der Waals surface area contributed by atoms with E-state index in [-0.39, 0.29) is 5.91 Å². The molecule has 0 N–H and O–H groups in total. The Labute approximate surface area is 129 Å². The number of piperidine rings is 1. The van der Waals surface area contributed by atoms with Gasteiger partial charge in [0.2, 0.25) is 0 Å². The van der Waals surface area contributed by atoms with Gasteiger partial charge in [0.15, 0.2) is 0 Å². The first-order valence-corrected chi connectivity index (χ1v) is 7.77. The largest absolute Gasteiger partial charge is 0.337 e. The highest BCUT2D eigenvalue weighted by molar-refractivity contribution is 6.35. The van der Waals surface area contributed by atoms with Crippen LogP contribution in [0.5, 0.6) is 0 Å². The first-order valence-electron chi connectivity index (χ1n) is 7.39. The Morgan fingerprint density at radius 1 is 1.24 bits per heavy atom. The minimum absolute atomic E-state index is 0.0129. The van der Waals surface area contributed by atoms with Crippen molar-refractivity contribution < 1.29 is 4.79 Å². The van der Waals surface area contributed by atoms with Gasteiger partial charge in [-0.25, -0.2) is 4.98 Å². The Kier molecular flexibility index (Phi) is 3.85. The number of carbonyl (C=O) groups excluding carboxylic acids is 1. The number of para-hydroxylation sites is 1. The Morgan fingerprint density at radius 3 is 2.62 bits per heavy atom. The quantitative estimate of drug-likeness (QED) is 0.797. The summed E-state index contributed by atoms with van der Waals surface area (Å²) < 4.78 is 0. The summed E-state index contributed by atoms with van der Waals surface area (Å²) in [5.74, 6) is 1.06. The molecule has 2 heterocycles. The van der Waals surface area contributed by atoms with Crippen molar-refractivity contribution in [2.24, 2.45) is 11.8 Å². The zero-order valence-electron chi connectivity index (χ0n) is 12.3. The smallest absolute Gasteiger partial charge is 0.272 e. The Bertz CT molecular complexity index is 676. The van der Waals surface area contributed by atoms with Gasteiger partial charge in [0.25, 0.3) is 5.91 Å². The van der Waals surface area contributed by atoms with Crippen LogP contribution in [0.2, 0.25) is 5.02 Å². The first kappa shape index (κ1) is 14.3. The molecule has 2 aromatic rings. The second-order valence-electron chi connectivity index (χ2n) is 6.16. The van der Waals surface area contributed by atoms with Gasteiger partial charge in [0.1, 0.15) is 5.69 Å². The van der Waals surface area contributed by atoms with Gasteiger partial charge in [0.05, 0.1) is 10.5 Å². The van der Waals surface area contributed by atoms with Crippen molar-refractivity contribution in [1.82, 2.24) is 9.88 Å². The number of benzene rings is 1. The van der Waals surface area contributed by atoms with Crippen molar-refractivity contribution in [3.8, 4) is 0 Å². The summed E-state index contributed by atoms with van der Waals surface area (Å²) in [7, 11) is 0. The van der Waals surface area contributed by atoms with Gasteiger partial charge < -0.3 is 4.90 Å². The summed E-state index contributed by atoms with van der Waals surface area (Å²) >= 11 is 6.29. The maximum Gasteiger partial charge on any atom is 0.272 e. The fourth-order valence-corrected chi connectivity index (χ4v) is 3.50. The lowest BCUT2D eigenvalue weighted by Gasteiger charge is -2.34. The number of likely N-dealkylation sites (tertiary alicyclic amines) is 1. The molecule has 1 aromatic heterocycles. The lowest BCUT2D eigenvalue weighted by Crippen LogP contribution is -2.42. The van der Waals surface area contributed by atoms with Crippen LogP contribution in [0.4, 0.5) is 0 Å². The standard InChI is InChI=1S/C17H19ClN2O/c1-11-7-12(2)10-20(9-11)17(21)16-8-14(18)13-5-3-4-6-15(13)19-16/h3-6,8,11-12H,7,9-10H2,1-2H3. The third kappa shape index (κ3) is 2.88. The minimum Gasteiger partial charge on any atom is -0.337 e. The molecule has 4 heteroatoms. The SMILES string of the molecule is CC1CC(C)CN(C(=O)c2cc(Cl)c3ccccc3n2)C1. The maximum absolute atomic E-state index is 12.7. The van der Waals surface area contributed by atoms with Gasteiger partial charge in [-0.3, -0.25) is 4.79 Å². The summed E-state index contributed by atoms with van der Waals surface area (Å²) in [6.07, 6.45) is 1.18. The molecule has 0 saturated carbocycles. The van der Waals surface area contributed by atoms with Gasteiger partial charge in [-0.15, -0.1) is 0 Å². The number of nitrogens with zero attached hydrogens (tertiary/aromatic N) is 2. The Hall–Kier alpha value is -1.61. The molecular weight excluding hydrogens is 284 g/mol. The number of hydrogen-bond acceptors (Lipinski definition) is 2. The number of halogens is 1. The van der Waals surface area contributed by atoms with E-state index in [1.807, 2.05) is 29.2 Å².